The molecule has 0 aliphatic heterocycles. The van der Waals surface area contributed by atoms with Gasteiger partial charge in [-0.25, -0.2) is 4.79 Å². The van der Waals surface area contributed by atoms with Crippen molar-refractivity contribution in [3.63, 3.8) is 0 Å². The normalized spacial score (nSPS) is 10.6. The Morgan fingerprint density at radius 3 is 2.25 bits per heavy atom. The monoisotopic (exact) mass is 356 g/mol. The molecular formula is C20H14Cl2O2. The summed E-state index contributed by atoms with van der Waals surface area (Å²) in [4.78, 5) is 11.4. The first-order valence-corrected chi connectivity index (χ1v) is 8.17. The van der Waals surface area contributed by atoms with Gasteiger partial charge in [0.25, 0.3) is 0 Å². The maximum absolute atomic E-state index is 11.4. The number of carboxylic acid groups (broad SMARTS) is 1. The van der Waals surface area contributed by atoms with Crippen molar-refractivity contribution in [2.45, 2.75) is 6.42 Å². The quantitative estimate of drug-likeness (QED) is 0.627. The van der Waals surface area contributed by atoms with Crippen LogP contribution in [0.4, 0.5) is 0 Å². The Labute approximate surface area is 150 Å². The Morgan fingerprint density at radius 2 is 1.54 bits per heavy atom. The van der Waals surface area contributed by atoms with Crippen LogP contribution in [0.15, 0.2) is 66.7 Å². The third kappa shape index (κ3) is 3.30. The van der Waals surface area contributed by atoms with E-state index in [9.17, 15) is 9.90 Å². The fourth-order valence-corrected chi connectivity index (χ4v) is 3.29. The van der Waals surface area contributed by atoms with Gasteiger partial charge in [-0.15, -0.1) is 0 Å². The van der Waals surface area contributed by atoms with E-state index in [4.69, 9.17) is 23.2 Å². The molecule has 1 N–H and O–H groups in total. The van der Waals surface area contributed by atoms with Gasteiger partial charge in [0.2, 0.25) is 0 Å². The van der Waals surface area contributed by atoms with Gasteiger partial charge in [0, 0.05) is 17.0 Å². The van der Waals surface area contributed by atoms with Crippen LogP contribution in [0, 0.1) is 0 Å². The summed E-state index contributed by atoms with van der Waals surface area (Å²) in [6, 6.07) is 20.3. The van der Waals surface area contributed by atoms with E-state index >= 15 is 0 Å². The van der Waals surface area contributed by atoms with Crippen molar-refractivity contribution in [1.82, 2.24) is 0 Å². The summed E-state index contributed by atoms with van der Waals surface area (Å²) in [5, 5.41) is 10.4. The fourth-order valence-electron chi connectivity index (χ4n) is 2.67. The minimum absolute atomic E-state index is 0.259. The SMILES string of the molecule is O=C(O)c1ccccc1Cc1c(Cl)ccc(-c2ccccc2)c1Cl. The van der Waals surface area contributed by atoms with Crippen LogP contribution >= 0.6 is 23.2 Å². The summed E-state index contributed by atoms with van der Waals surface area (Å²) in [7, 11) is 0. The highest BCUT2D eigenvalue weighted by Gasteiger charge is 2.16. The minimum Gasteiger partial charge on any atom is -0.478 e. The molecule has 0 heterocycles. The van der Waals surface area contributed by atoms with Gasteiger partial charge in [0.05, 0.1) is 10.6 Å². The molecule has 3 aromatic carbocycles. The summed E-state index contributed by atoms with van der Waals surface area (Å²) in [6.45, 7) is 0. The van der Waals surface area contributed by atoms with E-state index < -0.39 is 5.97 Å². The van der Waals surface area contributed by atoms with Gasteiger partial charge in [-0.3, -0.25) is 0 Å². The highest BCUT2D eigenvalue weighted by molar-refractivity contribution is 6.37. The van der Waals surface area contributed by atoms with Gasteiger partial charge in [-0.05, 0) is 28.8 Å². The predicted octanol–water partition coefficient (Wildman–Crippen LogP) is 5.95. The molecule has 0 aliphatic rings. The number of hydrogen-bond donors (Lipinski definition) is 1. The molecule has 0 bridgehead atoms. The lowest BCUT2D eigenvalue weighted by atomic mass is 9.96. The fraction of sp³-hybridized carbons (Fsp3) is 0.0500. The predicted molar refractivity (Wildman–Crippen MR) is 98.1 cm³/mol. The summed E-state index contributed by atoms with van der Waals surface area (Å²) < 4.78 is 0. The second-order valence-corrected chi connectivity index (χ2v) is 6.18. The van der Waals surface area contributed by atoms with Gasteiger partial charge in [-0.1, -0.05) is 77.8 Å². The Bertz CT molecular complexity index is 889. The first-order chi connectivity index (χ1) is 11.6. The van der Waals surface area contributed by atoms with E-state index in [1.54, 1.807) is 24.3 Å². The third-order valence-electron chi connectivity index (χ3n) is 3.89. The number of rotatable bonds is 4. The van der Waals surface area contributed by atoms with Crippen LogP contribution in [0.25, 0.3) is 11.1 Å². The molecule has 120 valence electrons. The Balaban J connectivity index is 2.08. The van der Waals surface area contributed by atoms with Crippen molar-refractivity contribution >= 4 is 29.2 Å². The van der Waals surface area contributed by atoms with E-state index in [0.717, 1.165) is 16.7 Å². The molecule has 0 spiro atoms. The van der Waals surface area contributed by atoms with Crippen molar-refractivity contribution in [3.8, 4) is 11.1 Å². The van der Waals surface area contributed by atoms with Crippen molar-refractivity contribution in [2.75, 3.05) is 0 Å². The van der Waals surface area contributed by atoms with E-state index in [2.05, 4.69) is 0 Å². The average molecular weight is 357 g/mol. The maximum Gasteiger partial charge on any atom is 0.335 e. The number of aromatic carboxylic acids is 1. The topological polar surface area (TPSA) is 37.3 Å². The minimum atomic E-state index is -0.961. The summed E-state index contributed by atoms with van der Waals surface area (Å²) >= 11 is 12.9. The van der Waals surface area contributed by atoms with Gasteiger partial charge < -0.3 is 5.11 Å². The number of carboxylic acids is 1. The zero-order valence-corrected chi connectivity index (χ0v) is 14.2. The van der Waals surface area contributed by atoms with Crippen molar-refractivity contribution < 1.29 is 9.90 Å². The van der Waals surface area contributed by atoms with Gasteiger partial charge in [0.15, 0.2) is 0 Å². The van der Waals surface area contributed by atoms with Crippen molar-refractivity contribution in [3.05, 3.63) is 93.5 Å². The Hall–Kier alpha value is -2.29. The highest BCUT2D eigenvalue weighted by atomic mass is 35.5. The molecule has 0 saturated carbocycles. The van der Waals surface area contributed by atoms with E-state index in [0.29, 0.717) is 22.0 Å². The largest absolute Gasteiger partial charge is 0.478 e. The van der Waals surface area contributed by atoms with Crippen LogP contribution in [0.2, 0.25) is 10.0 Å². The lowest BCUT2D eigenvalue weighted by molar-refractivity contribution is 0.0696. The molecule has 4 heteroatoms. The number of hydrogen-bond acceptors (Lipinski definition) is 1. The number of benzene rings is 3. The van der Waals surface area contributed by atoms with Crippen LogP contribution < -0.4 is 0 Å². The second-order valence-electron chi connectivity index (χ2n) is 5.39. The van der Waals surface area contributed by atoms with E-state index in [1.807, 2.05) is 42.5 Å². The summed E-state index contributed by atoms with van der Waals surface area (Å²) in [5.41, 5.74) is 3.54. The maximum atomic E-state index is 11.4. The van der Waals surface area contributed by atoms with Gasteiger partial charge in [0.1, 0.15) is 0 Å². The van der Waals surface area contributed by atoms with Crippen LogP contribution in [0.3, 0.4) is 0 Å². The lowest BCUT2D eigenvalue weighted by Crippen LogP contribution is -2.03. The molecule has 0 aromatic heterocycles. The second kappa shape index (κ2) is 7.08. The van der Waals surface area contributed by atoms with Crippen LogP contribution in [0.5, 0.6) is 0 Å². The van der Waals surface area contributed by atoms with Crippen molar-refractivity contribution in [2.24, 2.45) is 0 Å². The Kier molecular flexibility index (Phi) is 4.89. The molecule has 0 unspecified atom stereocenters. The third-order valence-corrected chi connectivity index (χ3v) is 4.67. The molecule has 3 aromatic rings. The number of carbonyl (C=O) groups is 1. The molecule has 24 heavy (non-hydrogen) atoms. The molecule has 0 amide bonds. The van der Waals surface area contributed by atoms with Crippen LogP contribution in [0.1, 0.15) is 21.5 Å². The molecule has 3 rings (SSSR count). The average Bonchev–Trinajstić information content (AvgIpc) is 2.59. The first kappa shape index (κ1) is 16.6. The summed E-state index contributed by atoms with van der Waals surface area (Å²) in [6.07, 6.45) is 0.362. The molecule has 0 atom stereocenters. The highest BCUT2D eigenvalue weighted by Crippen LogP contribution is 2.36. The molecule has 0 fully saturated rings. The van der Waals surface area contributed by atoms with Crippen molar-refractivity contribution in [1.29, 1.82) is 0 Å². The smallest absolute Gasteiger partial charge is 0.335 e. The standard InChI is InChI=1S/C20H14Cl2O2/c21-18-11-10-15(13-6-2-1-3-7-13)19(22)17(18)12-14-8-4-5-9-16(14)20(23)24/h1-11H,12H2,(H,23,24). The zero-order valence-electron chi connectivity index (χ0n) is 12.7. The van der Waals surface area contributed by atoms with Gasteiger partial charge in [-0.2, -0.15) is 0 Å². The Morgan fingerprint density at radius 1 is 0.875 bits per heavy atom. The molecule has 0 radical (unpaired) electrons. The lowest BCUT2D eigenvalue weighted by Gasteiger charge is -2.13. The van der Waals surface area contributed by atoms with E-state index in [1.165, 1.54) is 0 Å². The van der Waals surface area contributed by atoms with Gasteiger partial charge >= 0.3 is 5.97 Å². The molecule has 2 nitrogen and oxygen atoms in total. The molecule has 0 saturated heterocycles. The summed E-state index contributed by atoms with van der Waals surface area (Å²) in [5.74, 6) is -0.961. The zero-order chi connectivity index (χ0) is 17.1. The van der Waals surface area contributed by atoms with E-state index in [-0.39, 0.29) is 5.56 Å². The van der Waals surface area contributed by atoms with Crippen LogP contribution in [-0.2, 0) is 6.42 Å². The molecule has 0 aliphatic carbocycles. The van der Waals surface area contributed by atoms with Crippen LogP contribution in [-0.4, -0.2) is 11.1 Å². The number of halogens is 2. The molecular weight excluding hydrogens is 343 g/mol. The first-order valence-electron chi connectivity index (χ1n) is 7.41.